The minimum absolute atomic E-state index is 0.303. The Kier molecular flexibility index (Phi) is 8.76. The maximum absolute atomic E-state index is 13.7. The van der Waals surface area contributed by atoms with Crippen LogP contribution in [0.15, 0.2) is 48.5 Å². The van der Waals surface area contributed by atoms with E-state index in [0.29, 0.717) is 35.9 Å². The fraction of sp³-hybridized carbons (Fsp3) is 0.440. The van der Waals surface area contributed by atoms with Gasteiger partial charge in [0.25, 0.3) is 5.91 Å². The SMILES string of the molecule is CCC[C@@H](C(=O)O)N1C(=O)[C@@H](CCN(C)C)O[C@H](c2ccc(Cl)cc2)[C@@H]1c1ccc(Cl)cc1. The molecule has 1 N–H and O–H groups in total. The van der Waals surface area contributed by atoms with E-state index in [1.54, 1.807) is 24.3 Å². The quantitative estimate of drug-likeness (QED) is 0.520. The maximum atomic E-state index is 13.7. The minimum atomic E-state index is -1.02. The Morgan fingerprint density at radius 3 is 2.09 bits per heavy atom. The summed E-state index contributed by atoms with van der Waals surface area (Å²) >= 11 is 12.2. The topological polar surface area (TPSA) is 70.1 Å². The van der Waals surface area contributed by atoms with E-state index in [0.717, 1.165) is 11.1 Å². The Morgan fingerprint density at radius 1 is 1.06 bits per heavy atom. The van der Waals surface area contributed by atoms with Crippen LogP contribution in [-0.4, -0.2) is 59.6 Å². The molecule has 33 heavy (non-hydrogen) atoms. The summed E-state index contributed by atoms with van der Waals surface area (Å²) in [5.74, 6) is -1.32. The van der Waals surface area contributed by atoms with Crippen molar-refractivity contribution in [1.29, 1.82) is 0 Å². The van der Waals surface area contributed by atoms with Crippen LogP contribution in [0, 0.1) is 0 Å². The van der Waals surface area contributed by atoms with Gasteiger partial charge in [0.15, 0.2) is 0 Å². The number of nitrogens with zero attached hydrogens (tertiary/aromatic N) is 2. The molecule has 2 aromatic rings. The second kappa shape index (κ2) is 11.3. The highest BCUT2D eigenvalue weighted by Crippen LogP contribution is 2.44. The molecule has 1 saturated heterocycles. The largest absolute Gasteiger partial charge is 0.480 e. The highest BCUT2D eigenvalue weighted by Gasteiger charge is 2.48. The number of amides is 1. The zero-order valence-electron chi connectivity index (χ0n) is 19.1. The molecule has 0 saturated carbocycles. The number of rotatable bonds is 9. The van der Waals surface area contributed by atoms with Gasteiger partial charge in [-0.15, -0.1) is 0 Å². The molecule has 0 unspecified atom stereocenters. The number of halogens is 2. The van der Waals surface area contributed by atoms with Crippen LogP contribution in [0.4, 0.5) is 0 Å². The van der Waals surface area contributed by atoms with Gasteiger partial charge in [0.1, 0.15) is 18.2 Å². The van der Waals surface area contributed by atoms with Gasteiger partial charge in [0.2, 0.25) is 0 Å². The Morgan fingerprint density at radius 2 is 1.61 bits per heavy atom. The van der Waals surface area contributed by atoms with Crippen LogP contribution < -0.4 is 0 Å². The molecule has 1 heterocycles. The number of ether oxygens (including phenoxy) is 1. The number of hydrogen-bond acceptors (Lipinski definition) is 4. The second-order valence-electron chi connectivity index (χ2n) is 8.57. The third-order valence-electron chi connectivity index (χ3n) is 5.86. The number of hydrogen-bond donors (Lipinski definition) is 1. The van der Waals surface area contributed by atoms with Crippen LogP contribution in [0.2, 0.25) is 10.0 Å². The first-order valence-electron chi connectivity index (χ1n) is 11.1. The lowest BCUT2D eigenvalue weighted by molar-refractivity contribution is -0.185. The molecule has 8 heteroatoms. The van der Waals surface area contributed by atoms with Gasteiger partial charge in [0.05, 0.1) is 6.04 Å². The standard InChI is InChI=1S/C25H30Cl2N2O4/c1-4-5-20(25(31)32)29-22(16-6-10-18(26)11-7-16)23(17-8-12-19(27)13-9-17)33-21(24(29)30)14-15-28(2)3/h6-13,20-23H,4-5,14-15H2,1-3H3,(H,31,32)/t20-,21+,22-,23+/m0/s1. The fourth-order valence-corrected chi connectivity index (χ4v) is 4.49. The first-order valence-corrected chi connectivity index (χ1v) is 11.8. The van der Waals surface area contributed by atoms with Gasteiger partial charge in [-0.05, 0) is 62.3 Å². The summed E-state index contributed by atoms with van der Waals surface area (Å²) in [7, 11) is 3.85. The lowest BCUT2D eigenvalue weighted by Gasteiger charge is -2.47. The molecule has 0 aliphatic carbocycles. The number of aliphatic carboxylic acids is 1. The Labute approximate surface area is 205 Å². The van der Waals surface area contributed by atoms with Crippen molar-refractivity contribution in [2.45, 2.75) is 50.5 Å². The predicted molar refractivity (Wildman–Crippen MR) is 130 cm³/mol. The van der Waals surface area contributed by atoms with Crippen molar-refractivity contribution in [2.24, 2.45) is 0 Å². The summed E-state index contributed by atoms with van der Waals surface area (Å²) < 4.78 is 6.42. The van der Waals surface area contributed by atoms with Gasteiger partial charge in [-0.25, -0.2) is 4.79 Å². The molecule has 6 nitrogen and oxygen atoms in total. The van der Waals surface area contributed by atoms with Gasteiger partial charge >= 0.3 is 5.97 Å². The maximum Gasteiger partial charge on any atom is 0.326 e. The van der Waals surface area contributed by atoms with E-state index in [9.17, 15) is 14.7 Å². The smallest absolute Gasteiger partial charge is 0.326 e. The van der Waals surface area contributed by atoms with E-state index in [1.165, 1.54) is 4.90 Å². The number of benzene rings is 2. The molecule has 1 amide bonds. The van der Waals surface area contributed by atoms with Crippen molar-refractivity contribution < 1.29 is 19.4 Å². The van der Waals surface area contributed by atoms with E-state index < -0.39 is 30.3 Å². The van der Waals surface area contributed by atoms with Crippen molar-refractivity contribution in [1.82, 2.24) is 9.80 Å². The lowest BCUT2D eigenvalue weighted by Crippen LogP contribution is -2.57. The average Bonchev–Trinajstić information content (AvgIpc) is 2.77. The highest BCUT2D eigenvalue weighted by atomic mass is 35.5. The molecular formula is C25H30Cl2N2O4. The third kappa shape index (κ3) is 6.07. The van der Waals surface area contributed by atoms with Gasteiger partial charge in [-0.2, -0.15) is 0 Å². The Hall–Kier alpha value is -2.12. The van der Waals surface area contributed by atoms with Crippen molar-refractivity contribution in [2.75, 3.05) is 20.6 Å². The number of carbonyl (C=O) groups excluding carboxylic acids is 1. The molecule has 0 bridgehead atoms. The van der Waals surface area contributed by atoms with Crippen LogP contribution in [0.3, 0.4) is 0 Å². The summed E-state index contributed by atoms with van der Waals surface area (Å²) in [5.41, 5.74) is 1.59. The molecule has 0 spiro atoms. The van der Waals surface area contributed by atoms with E-state index in [1.807, 2.05) is 50.2 Å². The van der Waals surface area contributed by atoms with Crippen molar-refractivity contribution in [3.05, 3.63) is 69.7 Å². The number of carboxylic acids is 1. The summed E-state index contributed by atoms with van der Waals surface area (Å²) in [5, 5.41) is 11.2. The second-order valence-corrected chi connectivity index (χ2v) is 9.45. The summed E-state index contributed by atoms with van der Waals surface area (Å²) in [6.07, 6.45) is 0.113. The summed E-state index contributed by atoms with van der Waals surface area (Å²) in [6.45, 7) is 2.55. The number of carboxylic acid groups (broad SMARTS) is 1. The van der Waals surface area contributed by atoms with Crippen LogP contribution in [0.1, 0.15) is 49.5 Å². The minimum Gasteiger partial charge on any atom is -0.480 e. The first kappa shape index (κ1) is 25.5. The van der Waals surface area contributed by atoms with Gasteiger partial charge in [-0.3, -0.25) is 4.79 Å². The van der Waals surface area contributed by atoms with Crippen molar-refractivity contribution >= 4 is 35.1 Å². The summed E-state index contributed by atoms with van der Waals surface area (Å²) in [6, 6.07) is 12.8. The molecule has 1 aliphatic heterocycles. The van der Waals surface area contributed by atoms with Gasteiger partial charge < -0.3 is 19.6 Å². The van der Waals surface area contributed by atoms with Crippen LogP contribution in [-0.2, 0) is 14.3 Å². The molecule has 4 atom stereocenters. The molecule has 1 fully saturated rings. The first-order chi connectivity index (χ1) is 15.7. The van der Waals surface area contributed by atoms with Crippen LogP contribution in [0.25, 0.3) is 0 Å². The van der Waals surface area contributed by atoms with E-state index >= 15 is 0 Å². The third-order valence-corrected chi connectivity index (χ3v) is 6.36. The number of morpholine rings is 1. The molecule has 2 aromatic carbocycles. The van der Waals surface area contributed by atoms with Gasteiger partial charge in [0, 0.05) is 16.6 Å². The summed E-state index contributed by atoms with van der Waals surface area (Å²) in [4.78, 5) is 29.6. The zero-order valence-corrected chi connectivity index (χ0v) is 20.6. The zero-order chi connectivity index (χ0) is 24.1. The van der Waals surface area contributed by atoms with E-state index in [-0.39, 0.29) is 5.91 Å². The molecule has 3 rings (SSSR count). The number of carbonyl (C=O) groups is 2. The van der Waals surface area contributed by atoms with Gasteiger partial charge in [-0.1, -0.05) is 60.8 Å². The predicted octanol–water partition coefficient (Wildman–Crippen LogP) is 5.21. The molecule has 0 radical (unpaired) electrons. The average molecular weight is 493 g/mol. The van der Waals surface area contributed by atoms with Crippen molar-refractivity contribution in [3.63, 3.8) is 0 Å². The van der Waals surface area contributed by atoms with E-state index in [4.69, 9.17) is 27.9 Å². The Bertz CT molecular complexity index is 950. The monoisotopic (exact) mass is 492 g/mol. The molecule has 1 aliphatic rings. The van der Waals surface area contributed by atoms with Crippen LogP contribution >= 0.6 is 23.2 Å². The lowest BCUT2D eigenvalue weighted by atomic mass is 9.89. The van der Waals surface area contributed by atoms with Crippen molar-refractivity contribution in [3.8, 4) is 0 Å². The Balaban J connectivity index is 2.15. The molecular weight excluding hydrogens is 463 g/mol. The van der Waals surface area contributed by atoms with E-state index in [2.05, 4.69) is 0 Å². The van der Waals surface area contributed by atoms with Crippen LogP contribution in [0.5, 0.6) is 0 Å². The normalized spacial score (nSPS) is 21.9. The molecule has 0 aromatic heterocycles. The molecule has 178 valence electrons. The fourth-order valence-electron chi connectivity index (χ4n) is 4.24. The highest BCUT2D eigenvalue weighted by molar-refractivity contribution is 6.30.